The molecule has 0 radical (unpaired) electrons. The van der Waals surface area contributed by atoms with Crippen LogP contribution in [0.15, 0.2) is 36.4 Å². The average molecular weight is 344 g/mol. The van der Waals surface area contributed by atoms with Crippen LogP contribution in [0.1, 0.15) is 37.2 Å². The number of nitrogens with one attached hydrogen (secondary N) is 1. The minimum absolute atomic E-state index is 0.0432. The lowest BCUT2D eigenvalue weighted by Gasteiger charge is -2.13. The molecule has 1 N–H and O–H groups in total. The third-order valence-electron chi connectivity index (χ3n) is 3.98. The Morgan fingerprint density at radius 3 is 2.13 bits per heavy atom. The number of hydrogen-bond acceptors (Lipinski definition) is 3. The molecule has 3 rings (SSSR count). The summed E-state index contributed by atoms with van der Waals surface area (Å²) >= 11 is 3.96. The van der Waals surface area contributed by atoms with E-state index in [2.05, 4.69) is 36.5 Å². The zero-order valence-corrected chi connectivity index (χ0v) is 15.3. The van der Waals surface area contributed by atoms with Gasteiger partial charge in [-0.15, -0.1) is 23.5 Å². The van der Waals surface area contributed by atoms with Gasteiger partial charge in [0.25, 0.3) is 5.91 Å². The van der Waals surface area contributed by atoms with Crippen molar-refractivity contribution in [3.8, 4) is 0 Å². The summed E-state index contributed by atoms with van der Waals surface area (Å²) in [5.74, 6) is 2.38. The van der Waals surface area contributed by atoms with Crippen molar-refractivity contribution < 1.29 is 4.79 Å². The smallest absolute Gasteiger partial charge is 0.255 e. The highest BCUT2D eigenvalue weighted by Gasteiger charge is 2.18. The maximum absolute atomic E-state index is 12.5. The number of hydrogen-bond donors (Lipinski definition) is 1. The highest BCUT2D eigenvalue weighted by atomic mass is 32.2. The highest BCUT2D eigenvalue weighted by Crippen LogP contribution is 2.45. The van der Waals surface area contributed by atoms with Crippen LogP contribution in [-0.2, 0) is 0 Å². The van der Waals surface area contributed by atoms with E-state index in [9.17, 15) is 4.79 Å². The lowest BCUT2D eigenvalue weighted by molar-refractivity contribution is 0.102. The first-order chi connectivity index (χ1) is 11.0. The van der Waals surface area contributed by atoms with Gasteiger partial charge in [0.1, 0.15) is 0 Å². The number of carbonyl (C=O) groups excluding carboxylic acids is 1. The first-order valence-corrected chi connectivity index (χ1v) is 9.87. The van der Waals surface area contributed by atoms with E-state index in [1.165, 1.54) is 22.6 Å². The summed E-state index contributed by atoms with van der Waals surface area (Å²) in [6.45, 7) is 6.14. The second-order valence-electron chi connectivity index (χ2n) is 5.92. The summed E-state index contributed by atoms with van der Waals surface area (Å²) in [6.07, 6.45) is 0. The molecule has 4 heteroatoms. The number of amides is 1. The molecule has 0 aliphatic carbocycles. The summed E-state index contributed by atoms with van der Waals surface area (Å²) in [7, 11) is 0. The Labute approximate surface area is 146 Å². The van der Waals surface area contributed by atoms with Crippen LogP contribution in [0.4, 0.5) is 5.69 Å². The Morgan fingerprint density at radius 2 is 1.57 bits per heavy atom. The van der Waals surface area contributed by atoms with E-state index in [4.69, 9.17) is 0 Å². The fourth-order valence-corrected chi connectivity index (χ4v) is 5.76. The third-order valence-corrected chi connectivity index (χ3v) is 7.09. The fraction of sp³-hybridized carbons (Fsp3) is 0.316. The maximum atomic E-state index is 12.5. The Morgan fingerprint density at radius 1 is 1.00 bits per heavy atom. The lowest BCUT2D eigenvalue weighted by atomic mass is 10.0. The van der Waals surface area contributed by atoms with Crippen molar-refractivity contribution in [3.05, 3.63) is 64.2 Å². The normalized spacial score (nSPS) is 14.9. The van der Waals surface area contributed by atoms with Gasteiger partial charge in [-0.2, -0.15) is 0 Å². The molecule has 1 aliphatic rings. The number of benzene rings is 2. The molecule has 2 aromatic rings. The van der Waals surface area contributed by atoms with Crippen LogP contribution in [0.3, 0.4) is 0 Å². The molecule has 23 heavy (non-hydrogen) atoms. The highest BCUT2D eigenvalue weighted by molar-refractivity contribution is 8.19. The summed E-state index contributed by atoms with van der Waals surface area (Å²) < 4.78 is 0.522. The van der Waals surface area contributed by atoms with Crippen molar-refractivity contribution in [1.29, 1.82) is 0 Å². The van der Waals surface area contributed by atoms with E-state index >= 15 is 0 Å². The Kier molecular flexibility index (Phi) is 5.02. The molecule has 120 valence electrons. The molecule has 1 heterocycles. The Balaban J connectivity index is 1.76. The molecule has 2 nitrogen and oxygen atoms in total. The van der Waals surface area contributed by atoms with E-state index in [0.29, 0.717) is 10.1 Å². The minimum atomic E-state index is -0.0432. The number of aryl methyl sites for hydroxylation is 3. The molecule has 2 aromatic carbocycles. The van der Waals surface area contributed by atoms with Gasteiger partial charge < -0.3 is 5.32 Å². The molecule has 0 atom stereocenters. The van der Waals surface area contributed by atoms with Gasteiger partial charge in [-0.25, -0.2) is 0 Å². The van der Waals surface area contributed by atoms with E-state index < -0.39 is 0 Å². The first-order valence-electron chi connectivity index (χ1n) is 7.77. The SMILES string of the molecule is Cc1cc(C)c(NC(=O)c2ccc(C3SCCS3)cc2)c(C)c1. The minimum Gasteiger partial charge on any atom is -0.322 e. The van der Waals surface area contributed by atoms with Gasteiger partial charge in [0.2, 0.25) is 0 Å². The van der Waals surface area contributed by atoms with Gasteiger partial charge in [0.05, 0.1) is 4.58 Å². The molecule has 1 fully saturated rings. The molecule has 1 saturated heterocycles. The van der Waals surface area contributed by atoms with Gasteiger partial charge in [-0.1, -0.05) is 29.8 Å². The molecule has 0 unspecified atom stereocenters. The third kappa shape index (κ3) is 3.75. The molecule has 1 amide bonds. The molecular formula is C19H21NOS2. The number of rotatable bonds is 3. The van der Waals surface area contributed by atoms with Crippen molar-refractivity contribution in [3.63, 3.8) is 0 Å². The second kappa shape index (κ2) is 7.02. The van der Waals surface area contributed by atoms with Crippen molar-refractivity contribution in [2.24, 2.45) is 0 Å². The summed E-state index contributed by atoms with van der Waals surface area (Å²) in [6, 6.07) is 12.2. The van der Waals surface area contributed by atoms with Crippen LogP contribution in [0.25, 0.3) is 0 Å². The van der Waals surface area contributed by atoms with Gasteiger partial charge in [0, 0.05) is 22.8 Å². The van der Waals surface area contributed by atoms with Crippen LogP contribution in [-0.4, -0.2) is 17.4 Å². The lowest BCUT2D eigenvalue weighted by Crippen LogP contribution is -2.14. The first kappa shape index (κ1) is 16.5. The van der Waals surface area contributed by atoms with Crippen molar-refractivity contribution >= 4 is 35.1 Å². The summed E-state index contributed by atoms with van der Waals surface area (Å²) in [5.41, 5.74) is 6.36. The summed E-state index contributed by atoms with van der Waals surface area (Å²) in [5, 5.41) is 3.06. The molecule has 0 spiro atoms. The number of carbonyl (C=O) groups is 1. The zero-order valence-electron chi connectivity index (χ0n) is 13.7. The van der Waals surface area contributed by atoms with Crippen LogP contribution in [0.2, 0.25) is 0 Å². The number of anilines is 1. The largest absolute Gasteiger partial charge is 0.322 e. The van der Waals surface area contributed by atoms with Crippen LogP contribution >= 0.6 is 23.5 Å². The van der Waals surface area contributed by atoms with Gasteiger partial charge in [0.15, 0.2) is 0 Å². The summed E-state index contributed by atoms with van der Waals surface area (Å²) in [4.78, 5) is 12.5. The molecule has 0 aromatic heterocycles. The molecule has 0 saturated carbocycles. The predicted octanol–water partition coefficient (Wildman–Crippen LogP) is 5.34. The van der Waals surface area contributed by atoms with Gasteiger partial charge >= 0.3 is 0 Å². The average Bonchev–Trinajstić information content (AvgIpc) is 3.05. The zero-order chi connectivity index (χ0) is 16.4. The fourth-order valence-electron chi connectivity index (χ4n) is 2.91. The molecular weight excluding hydrogens is 322 g/mol. The topological polar surface area (TPSA) is 29.1 Å². The molecule has 0 bridgehead atoms. The van der Waals surface area contributed by atoms with E-state index in [0.717, 1.165) is 16.8 Å². The van der Waals surface area contributed by atoms with Crippen molar-refractivity contribution in [2.45, 2.75) is 25.4 Å². The predicted molar refractivity (Wildman–Crippen MR) is 103 cm³/mol. The Bertz CT molecular complexity index is 696. The monoisotopic (exact) mass is 343 g/mol. The molecule has 1 aliphatic heterocycles. The van der Waals surface area contributed by atoms with Gasteiger partial charge in [-0.3, -0.25) is 4.79 Å². The number of thioether (sulfide) groups is 2. The van der Waals surface area contributed by atoms with Crippen LogP contribution < -0.4 is 5.32 Å². The standard InChI is InChI=1S/C19H21NOS2/c1-12-10-13(2)17(14(3)11-12)20-18(21)15-4-6-16(7-5-15)19-22-8-9-23-19/h4-7,10-11,19H,8-9H2,1-3H3,(H,20,21). The van der Waals surface area contributed by atoms with E-state index in [1.54, 1.807) is 0 Å². The Hall–Kier alpha value is -1.39. The van der Waals surface area contributed by atoms with Crippen LogP contribution in [0, 0.1) is 20.8 Å². The van der Waals surface area contributed by atoms with Gasteiger partial charge in [-0.05, 0) is 49.6 Å². The van der Waals surface area contributed by atoms with E-state index in [1.807, 2.05) is 49.5 Å². The van der Waals surface area contributed by atoms with Crippen molar-refractivity contribution in [1.82, 2.24) is 0 Å². The van der Waals surface area contributed by atoms with Crippen LogP contribution in [0.5, 0.6) is 0 Å². The second-order valence-corrected chi connectivity index (χ2v) is 8.65. The van der Waals surface area contributed by atoms with Crippen molar-refractivity contribution in [2.75, 3.05) is 16.8 Å². The maximum Gasteiger partial charge on any atom is 0.255 e. The quantitative estimate of drug-likeness (QED) is 0.815. The van der Waals surface area contributed by atoms with E-state index in [-0.39, 0.29) is 5.91 Å².